The fraction of sp³-hybridized carbons (Fsp3) is 0.429. The van der Waals surface area contributed by atoms with Gasteiger partial charge >= 0.3 is 5.38 Å². The number of aryl methyl sites for hydroxylation is 1. The molecule has 0 aliphatic carbocycles. The largest absolute Gasteiger partial charge is 0.384 e. The van der Waals surface area contributed by atoms with E-state index in [4.69, 9.17) is 25.8 Å². The van der Waals surface area contributed by atoms with Gasteiger partial charge in [0.2, 0.25) is 0 Å². The first kappa shape index (κ1) is 22.9. The van der Waals surface area contributed by atoms with Crippen molar-refractivity contribution in [1.29, 1.82) is 0 Å². The zero-order chi connectivity index (χ0) is 21.9. The summed E-state index contributed by atoms with van der Waals surface area (Å²) in [6.07, 6.45) is 0.548. The van der Waals surface area contributed by atoms with E-state index in [1.54, 1.807) is 13.2 Å². The maximum atomic E-state index is 14.5. The predicted octanol–water partition coefficient (Wildman–Crippen LogP) is 5.63. The minimum Gasteiger partial charge on any atom is -0.384 e. The molecule has 0 amide bonds. The second-order valence-electron chi connectivity index (χ2n) is 7.08. The van der Waals surface area contributed by atoms with E-state index in [9.17, 15) is 22.0 Å². The highest BCUT2D eigenvalue weighted by Gasteiger charge is 2.35. The van der Waals surface area contributed by atoms with Gasteiger partial charge in [-0.05, 0) is 47.3 Å². The minimum absolute atomic E-state index is 0.117. The minimum atomic E-state index is -4.21. The number of alkyl halides is 3. The topological polar surface area (TPSA) is 27.7 Å². The fourth-order valence-electron chi connectivity index (χ4n) is 3.31. The number of hydrogen-bond donors (Lipinski definition) is 0. The molecule has 2 aromatic rings. The number of halogens is 6. The van der Waals surface area contributed by atoms with Crippen LogP contribution in [0.15, 0.2) is 30.3 Å². The molecular formula is C21H20ClF5O3. The first-order valence-corrected chi connectivity index (χ1v) is 9.64. The van der Waals surface area contributed by atoms with Crippen molar-refractivity contribution in [2.45, 2.75) is 24.5 Å². The predicted molar refractivity (Wildman–Crippen MR) is 101 cm³/mol. The van der Waals surface area contributed by atoms with Crippen LogP contribution in [0.25, 0.3) is 11.1 Å². The third-order valence-corrected chi connectivity index (χ3v) is 4.97. The van der Waals surface area contributed by atoms with E-state index >= 15 is 0 Å². The molecule has 0 saturated carbocycles. The summed E-state index contributed by atoms with van der Waals surface area (Å²) in [7, 11) is 1.61. The highest BCUT2D eigenvalue weighted by atomic mass is 35.5. The summed E-state index contributed by atoms with van der Waals surface area (Å²) in [6.45, 7) is 1.57. The lowest BCUT2D eigenvalue weighted by molar-refractivity contribution is -0.208. The Morgan fingerprint density at radius 1 is 1.03 bits per heavy atom. The monoisotopic (exact) mass is 450 g/mol. The Morgan fingerprint density at radius 3 is 2.20 bits per heavy atom. The lowest BCUT2D eigenvalue weighted by atomic mass is 9.99. The number of hydrogen-bond acceptors (Lipinski definition) is 3. The van der Waals surface area contributed by atoms with Crippen LogP contribution in [-0.2, 0) is 26.0 Å². The summed E-state index contributed by atoms with van der Waals surface area (Å²) >= 11 is 4.73. The van der Waals surface area contributed by atoms with E-state index < -0.39 is 34.7 Å². The maximum Gasteiger partial charge on any atom is 0.353 e. The molecule has 3 rings (SSSR count). The third-order valence-electron chi connectivity index (χ3n) is 4.78. The highest BCUT2D eigenvalue weighted by Crippen LogP contribution is 2.38. The summed E-state index contributed by atoms with van der Waals surface area (Å²) in [4.78, 5) is 0. The van der Waals surface area contributed by atoms with Crippen LogP contribution in [-0.4, -0.2) is 33.2 Å². The molecule has 2 aromatic carbocycles. The molecule has 1 heterocycles. The zero-order valence-corrected chi connectivity index (χ0v) is 16.8. The van der Waals surface area contributed by atoms with E-state index in [1.165, 1.54) is 12.1 Å². The van der Waals surface area contributed by atoms with Crippen molar-refractivity contribution < 1.29 is 36.2 Å². The Labute approximate surface area is 175 Å². The normalized spacial score (nSPS) is 19.8. The molecule has 30 heavy (non-hydrogen) atoms. The second-order valence-corrected chi connectivity index (χ2v) is 7.56. The van der Waals surface area contributed by atoms with E-state index in [-0.39, 0.29) is 17.0 Å². The van der Waals surface area contributed by atoms with Crippen LogP contribution in [0.2, 0.25) is 0 Å². The van der Waals surface area contributed by atoms with E-state index in [0.29, 0.717) is 50.4 Å². The Balaban J connectivity index is 1.67. The average Bonchev–Trinajstić information content (AvgIpc) is 2.66. The number of methoxy groups -OCH3 is 1. The SMILES string of the molecule is COCC1COC(CCc2ccc(-c3cc(F)c(C(F)(F)Cl)c(F)c3)c(F)c2)OC1. The summed E-state index contributed by atoms with van der Waals surface area (Å²) in [5, 5.41) is -4.21. The smallest absolute Gasteiger partial charge is 0.353 e. The van der Waals surface area contributed by atoms with Crippen LogP contribution >= 0.6 is 11.6 Å². The molecule has 1 aliphatic rings. The lowest BCUT2D eigenvalue weighted by Gasteiger charge is -2.29. The van der Waals surface area contributed by atoms with Gasteiger partial charge in [0, 0.05) is 25.0 Å². The van der Waals surface area contributed by atoms with Gasteiger partial charge in [-0.25, -0.2) is 13.2 Å². The molecule has 0 aromatic heterocycles. The molecule has 0 bridgehead atoms. The van der Waals surface area contributed by atoms with Crippen LogP contribution in [0.3, 0.4) is 0 Å². The van der Waals surface area contributed by atoms with Crippen LogP contribution in [0.4, 0.5) is 22.0 Å². The molecule has 0 N–H and O–H groups in total. The maximum absolute atomic E-state index is 14.5. The first-order valence-electron chi connectivity index (χ1n) is 9.26. The molecule has 0 unspecified atom stereocenters. The van der Waals surface area contributed by atoms with E-state index in [2.05, 4.69) is 0 Å². The molecule has 1 aliphatic heterocycles. The highest BCUT2D eigenvalue weighted by molar-refractivity contribution is 6.21. The third kappa shape index (κ3) is 5.49. The summed E-state index contributed by atoms with van der Waals surface area (Å²) in [6, 6.07) is 5.43. The standard InChI is InChI=1S/C21H20ClF5O3/c1-28-9-13-10-29-19(30-11-13)5-3-12-2-4-15(16(23)6-12)14-7-17(24)20(18(25)8-14)21(22,26)27/h2,4,6-8,13,19H,3,5,9-11H2,1H3. The van der Waals surface area contributed by atoms with Crippen LogP contribution in [0.5, 0.6) is 0 Å². The lowest BCUT2D eigenvalue weighted by Crippen LogP contribution is -2.34. The van der Waals surface area contributed by atoms with Crippen LogP contribution in [0.1, 0.15) is 17.5 Å². The van der Waals surface area contributed by atoms with Gasteiger partial charge < -0.3 is 14.2 Å². The molecule has 1 fully saturated rings. The van der Waals surface area contributed by atoms with Crippen molar-refractivity contribution in [3.8, 4) is 11.1 Å². The van der Waals surface area contributed by atoms with Crippen LogP contribution in [0, 0.1) is 23.4 Å². The van der Waals surface area contributed by atoms with Gasteiger partial charge in [-0.2, -0.15) is 8.78 Å². The first-order chi connectivity index (χ1) is 14.2. The van der Waals surface area contributed by atoms with Crippen molar-refractivity contribution in [3.05, 3.63) is 58.9 Å². The van der Waals surface area contributed by atoms with Gasteiger partial charge in [-0.1, -0.05) is 12.1 Å². The molecular weight excluding hydrogens is 431 g/mol. The molecule has 3 nitrogen and oxygen atoms in total. The fourth-order valence-corrected chi connectivity index (χ4v) is 3.49. The van der Waals surface area contributed by atoms with Crippen molar-refractivity contribution >= 4 is 11.6 Å². The summed E-state index contributed by atoms with van der Waals surface area (Å²) in [5.41, 5.74) is -1.26. The Bertz CT molecular complexity index is 856. The summed E-state index contributed by atoms with van der Waals surface area (Å²) in [5.74, 6) is -3.66. The average molecular weight is 451 g/mol. The summed E-state index contributed by atoms with van der Waals surface area (Å²) < 4.78 is 84.9. The molecule has 9 heteroatoms. The van der Waals surface area contributed by atoms with Gasteiger partial charge in [0.05, 0.1) is 19.8 Å². The van der Waals surface area contributed by atoms with E-state index in [0.717, 1.165) is 0 Å². The zero-order valence-electron chi connectivity index (χ0n) is 16.1. The number of rotatable bonds is 7. The van der Waals surface area contributed by atoms with Crippen molar-refractivity contribution in [3.63, 3.8) is 0 Å². The van der Waals surface area contributed by atoms with Gasteiger partial charge in [-0.3, -0.25) is 0 Å². The second kappa shape index (κ2) is 9.60. The van der Waals surface area contributed by atoms with Gasteiger partial charge in [-0.15, -0.1) is 0 Å². The Hall–Kier alpha value is -1.74. The van der Waals surface area contributed by atoms with Crippen molar-refractivity contribution in [2.75, 3.05) is 26.9 Å². The number of ether oxygens (including phenoxy) is 3. The molecule has 0 radical (unpaired) electrons. The van der Waals surface area contributed by atoms with Gasteiger partial charge in [0.15, 0.2) is 6.29 Å². The van der Waals surface area contributed by atoms with Gasteiger partial charge in [0.25, 0.3) is 0 Å². The Morgan fingerprint density at radius 2 is 1.67 bits per heavy atom. The van der Waals surface area contributed by atoms with Crippen molar-refractivity contribution in [1.82, 2.24) is 0 Å². The Kier molecular flexibility index (Phi) is 7.34. The molecule has 1 saturated heterocycles. The molecule has 164 valence electrons. The quantitative estimate of drug-likeness (QED) is 0.404. The van der Waals surface area contributed by atoms with Gasteiger partial charge in [0.1, 0.15) is 23.0 Å². The number of benzene rings is 2. The van der Waals surface area contributed by atoms with Crippen LogP contribution < -0.4 is 0 Å². The van der Waals surface area contributed by atoms with E-state index in [1.807, 2.05) is 0 Å². The molecule has 0 atom stereocenters. The molecule has 0 spiro atoms. The van der Waals surface area contributed by atoms with Crippen molar-refractivity contribution in [2.24, 2.45) is 5.92 Å².